The monoisotopic (exact) mass is 470 g/mol. The van der Waals surface area contributed by atoms with Crippen LogP contribution in [0, 0.1) is 35.5 Å². The van der Waals surface area contributed by atoms with E-state index in [-0.39, 0.29) is 23.7 Å². The summed E-state index contributed by atoms with van der Waals surface area (Å²) in [5.74, 6) is 3.59. The van der Waals surface area contributed by atoms with Crippen molar-refractivity contribution >= 4 is 11.6 Å². The highest BCUT2D eigenvalue weighted by molar-refractivity contribution is 5.85. The Morgan fingerprint density at radius 1 is 0.529 bits per heavy atom. The van der Waals surface area contributed by atoms with Gasteiger partial charge in [-0.15, -0.1) is 0 Å². The molecule has 8 atom stereocenters. The number of piperidine rings is 4. The van der Waals surface area contributed by atoms with E-state index in [0.29, 0.717) is 35.5 Å². The number of ketones is 2. The SMILES string of the molecule is C[C@H]1CN2CCC[C@H]3CCCCC[C@@H]4C(=O)[C@@H](C)CN5CCC[C@@H](CCCCC[C@H](C1=O)[C@@H]32)[C@@H]45. The van der Waals surface area contributed by atoms with E-state index in [4.69, 9.17) is 0 Å². The van der Waals surface area contributed by atoms with Crippen LogP contribution >= 0.6 is 0 Å². The lowest BCUT2D eigenvalue weighted by Crippen LogP contribution is -2.58. The van der Waals surface area contributed by atoms with E-state index in [9.17, 15) is 9.59 Å². The van der Waals surface area contributed by atoms with Gasteiger partial charge in [0.2, 0.25) is 0 Å². The number of carbonyl (C=O) groups excluding carboxylic acids is 2. The number of rotatable bonds is 0. The quantitative estimate of drug-likeness (QED) is 0.453. The van der Waals surface area contributed by atoms with Crippen LogP contribution in [0.3, 0.4) is 0 Å². The number of hydrogen-bond donors (Lipinski definition) is 0. The van der Waals surface area contributed by atoms with E-state index in [2.05, 4.69) is 23.6 Å². The Morgan fingerprint density at radius 3 is 1.35 bits per heavy atom. The minimum atomic E-state index is 0.224. The van der Waals surface area contributed by atoms with Crippen molar-refractivity contribution in [3.05, 3.63) is 0 Å². The van der Waals surface area contributed by atoms with Crippen LogP contribution in [-0.4, -0.2) is 59.6 Å². The van der Waals surface area contributed by atoms with Crippen molar-refractivity contribution in [2.75, 3.05) is 26.2 Å². The van der Waals surface area contributed by atoms with E-state index in [1.54, 1.807) is 0 Å². The predicted molar refractivity (Wildman–Crippen MR) is 138 cm³/mol. The minimum Gasteiger partial charge on any atom is -0.299 e. The normalized spacial score (nSPS) is 43.7. The summed E-state index contributed by atoms with van der Waals surface area (Å²) in [6.07, 6.45) is 17.5. The van der Waals surface area contributed by atoms with Crippen molar-refractivity contribution in [3.8, 4) is 0 Å². The molecule has 4 saturated heterocycles. The van der Waals surface area contributed by atoms with Gasteiger partial charge >= 0.3 is 0 Å². The summed E-state index contributed by atoms with van der Waals surface area (Å²) in [6, 6.07) is 1.03. The highest BCUT2D eigenvalue weighted by Crippen LogP contribution is 2.42. The zero-order chi connectivity index (χ0) is 23.7. The minimum absolute atomic E-state index is 0.224. The van der Waals surface area contributed by atoms with Crippen molar-refractivity contribution < 1.29 is 9.59 Å². The number of hydrogen-bond acceptors (Lipinski definition) is 4. The Bertz CT molecular complexity index is 663. The van der Waals surface area contributed by atoms with E-state index >= 15 is 0 Å². The molecule has 4 nitrogen and oxygen atoms in total. The molecule has 0 bridgehead atoms. The smallest absolute Gasteiger partial charge is 0.141 e. The number of Topliss-reactive ketones (excluding diaryl/α,β-unsaturated/α-hetero) is 2. The molecular formula is C30H50N2O2. The maximum Gasteiger partial charge on any atom is 0.141 e. The van der Waals surface area contributed by atoms with Gasteiger partial charge in [-0.2, -0.15) is 0 Å². The molecule has 1 aliphatic carbocycles. The molecule has 5 fully saturated rings. The van der Waals surface area contributed by atoms with Gasteiger partial charge in [-0.1, -0.05) is 52.4 Å². The molecule has 0 amide bonds. The van der Waals surface area contributed by atoms with Crippen molar-refractivity contribution in [3.63, 3.8) is 0 Å². The van der Waals surface area contributed by atoms with Gasteiger partial charge in [0.25, 0.3) is 0 Å². The van der Waals surface area contributed by atoms with E-state index in [1.165, 1.54) is 90.1 Å². The van der Waals surface area contributed by atoms with Gasteiger partial charge in [-0.25, -0.2) is 0 Å². The number of carbonyl (C=O) groups is 2. The van der Waals surface area contributed by atoms with Crippen molar-refractivity contribution in [2.24, 2.45) is 35.5 Å². The summed E-state index contributed by atoms with van der Waals surface area (Å²) in [4.78, 5) is 32.1. The summed E-state index contributed by atoms with van der Waals surface area (Å²) in [5, 5.41) is 0. The lowest BCUT2D eigenvalue weighted by molar-refractivity contribution is -0.138. The van der Waals surface area contributed by atoms with Gasteiger partial charge in [-0.05, 0) is 76.3 Å². The maximum atomic E-state index is 13.3. The van der Waals surface area contributed by atoms with Crippen LogP contribution in [0.25, 0.3) is 0 Å². The summed E-state index contributed by atoms with van der Waals surface area (Å²) in [5.41, 5.74) is 0. The molecule has 0 unspecified atom stereocenters. The molecule has 5 aliphatic rings. The Kier molecular flexibility index (Phi) is 8.15. The predicted octanol–water partition coefficient (Wildman–Crippen LogP) is 5.73. The molecule has 5 rings (SSSR count). The Balaban J connectivity index is 1.31. The maximum absolute atomic E-state index is 13.3. The third-order valence-electron chi connectivity index (χ3n) is 10.6. The van der Waals surface area contributed by atoms with Crippen LogP contribution < -0.4 is 0 Å². The first-order valence-electron chi connectivity index (χ1n) is 15.1. The van der Waals surface area contributed by atoms with Crippen LogP contribution in [0.1, 0.15) is 104 Å². The third-order valence-corrected chi connectivity index (χ3v) is 10.6. The average Bonchev–Trinajstić information content (AvgIpc) is 2.82. The zero-order valence-corrected chi connectivity index (χ0v) is 22.1. The van der Waals surface area contributed by atoms with Crippen LogP contribution in [0.2, 0.25) is 0 Å². The first kappa shape index (κ1) is 24.9. The number of nitrogens with zero attached hydrogens (tertiary/aromatic N) is 2. The third kappa shape index (κ3) is 5.05. The first-order chi connectivity index (χ1) is 16.5. The van der Waals surface area contributed by atoms with Gasteiger partial charge in [-0.3, -0.25) is 19.4 Å². The average molecular weight is 471 g/mol. The summed E-state index contributed by atoms with van der Waals surface area (Å²) in [6.45, 7) is 8.77. The van der Waals surface area contributed by atoms with Crippen LogP contribution in [0.4, 0.5) is 0 Å². The Morgan fingerprint density at radius 2 is 0.912 bits per heavy atom. The molecule has 192 valence electrons. The van der Waals surface area contributed by atoms with E-state index in [0.717, 1.165) is 25.9 Å². The summed E-state index contributed by atoms with van der Waals surface area (Å²) >= 11 is 0. The Labute approximate surface area is 208 Å². The highest BCUT2D eigenvalue weighted by atomic mass is 16.1. The second kappa shape index (κ2) is 11.1. The van der Waals surface area contributed by atoms with Gasteiger partial charge in [0.05, 0.1) is 0 Å². The molecular weight excluding hydrogens is 420 g/mol. The second-order valence-corrected chi connectivity index (χ2v) is 12.9. The van der Waals surface area contributed by atoms with Crippen LogP contribution in [0.15, 0.2) is 0 Å². The molecule has 0 aromatic rings. The molecule has 1 saturated carbocycles. The van der Waals surface area contributed by atoms with Gasteiger partial charge in [0, 0.05) is 48.8 Å². The lowest BCUT2D eigenvalue weighted by Gasteiger charge is -2.50. The molecule has 4 aliphatic heterocycles. The molecule has 4 heterocycles. The van der Waals surface area contributed by atoms with E-state index < -0.39 is 0 Å². The largest absolute Gasteiger partial charge is 0.299 e. The fraction of sp³-hybridized carbons (Fsp3) is 0.933. The van der Waals surface area contributed by atoms with Gasteiger partial charge in [0.1, 0.15) is 11.6 Å². The molecule has 0 spiro atoms. The fourth-order valence-corrected chi connectivity index (χ4v) is 9.04. The molecule has 4 heteroatoms. The van der Waals surface area contributed by atoms with Crippen LogP contribution in [-0.2, 0) is 9.59 Å². The fourth-order valence-electron chi connectivity index (χ4n) is 9.04. The van der Waals surface area contributed by atoms with E-state index in [1.807, 2.05) is 0 Å². The lowest BCUT2D eigenvalue weighted by atomic mass is 9.69. The molecule has 0 aromatic heterocycles. The second-order valence-electron chi connectivity index (χ2n) is 12.9. The topological polar surface area (TPSA) is 40.6 Å². The van der Waals surface area contributed by atoms with Crippen molar-refractivity contribution in [2.45, 2.75) is 116 Å². The molecule has 0 aromatic carbocycles. The molecule has 0 N–H and O–H groups in total. The van der Waals surface area contributed by atoms with Crippen molar-refractivity contribution in [1.29, 1.82) is 0 Å². The molecule has 0 radical (unpaired) electrons. The summed E-state index contributed by atoms with van der Waals surface area (Å²) < 4.78 is 0. The van der Waals surface area contributed by atoms with Gasteiger partial charge < -0.3 is 0 Å². The zero-order valence-electron chi connectivity index (χ0n) is 22.1. The summed E-state index contributed by atoms with van der Waals surface area (Å²) in [7, 11) is 0. The standard InChI is InChI=1S/C30H50N2O2/c1-21-19-31-17-9-13-23-11-6-4-8-16-26-28-24(14-10-18-32(28)20-22(2)30(26)34)12-5-3-7-15-25(27(23)31)29(21)33/h21-28H,3-20H2,1-2H3/t21-,22-,23+,24+,25-,26-,27-,28+/m0/s1. The van der Waals surface area contributed by atoms with Crippen LogP contribution in [0.5, 0.6) is 0 Å². The highest BCUT2D eigenvalue weighted by Gasteiger charge is 2.46. The first-order valence-corrected chi connectivity index (χ1v) is 15.1. The van der Waals surface area contributed by atoms with Gasteiger partial charge in [0.15, 0.2) is 0 Å². The Hall–Kier alpha value is -0.740. The molecule has 34 heavy (non-hydrogen) atoms. The van der Waals surface area contributed by atoms with Crippen molar-refractivity contribution in [1.82, 2.24) is 9.80 Å².